The van der Waals surface area contributed by atoms with E-state index in [0.717, 1.165) is 12.0 Å². The minimum Gasteiger partial charge on any atom is -0.508 e. The normalized spacial score (nSPS) is 11.9. The molecule has 2 N–H and O–H groups in total. The van der Waals surface area contributed by atoms with Crippen LogP contribution in [0.3, 0.4) is 0 Å². The number of phenols is 1. The van der Waals surface area contributed by atoms with Crippen molar-refractivity contribution in [2.75, 3.05) is 5.32 Å². The van der Waals surface area contributed by atoms with Gasteiger partial charge in [-0.2, -0.15) is 0 Å². The first-order chi connectivity index (χ1) is 10.0. The molecule has 1 atom stereocenters. The maximum Gasteiger partial charge on any atom is 0.274 e. The van der Waals surface area contributed by atoms with Crippen molar-refractivity contribution < 1.29 is 10.0 Å². The minimum atomic E-state index is -0.387. The number of hydrogen-bond acceptors (Lipinski definition) is 4. The number of hydrogen-bond donors (Lipinski definition) is 2. The average Bonchev–Trinajstić information content (AvgIpc) is 2.47. The highest BCUT2D eigenvalue weighted by molar-refractivity contribution is 5.56. The number of nitrogens with zero attached hydrogens (tertiary/aromatic N) is 1. The van der Waals surface area contributed by atoms with Gasteiger partial charge in [-0.05, 0) is 25.5 Å². The third kappa shape index (κ3) is 3.31. The van der Waals surface area contributed by atoms with Crippen LogP contribution in [0.2, 0.25) is 0 Å². The van der Waals surface area contributed by atoms with Gasteiger partial charge < -0.3 is 10.4 Å². The number of nitro groups is 1. The number of aryl methyl sites for hydroxylation is 1. The van der Waals surface area contributed by atoms with Crippen molar-refractivity contribution in [3.05, 3.63) is 63.7 Å². The van der Waals surface area contributed by atoms with Crippen LogP contribution in [0.15, 0.2) is 42.5 Å². The summed E-state index contributed by atoms with van der Waals surface area (Å²) in [7, 11) is 0. The van der Waals surface area contributed by atoms with Gasteiger partial charge in [-0.3, -0.25) is 10.1 Å². The number of rotatable bonds is 5. The van der Waals surface area contributed by atoms with Crippen molar-refractivity contribution in [2.45, 2.75) is 26.3 Å². The first kappa shape index (κ1) is 14.8. The summed E-state index contributed by atoms with van der Waals surface area (Å²) in [6, 6.07) is 12.1. The summed E-state index contributed by atoms with van der Waals surface area (Å²) in [5.41, 5.74) is 2.17. The number of aromatic hydroxyl groups is 1. The van der Waals surface area contributed by atoms with Crippen molar-refractivity contribution in [3.8, 4) is 5.75 Å². The highest BCUT2D eigenvalue weighted by Gasteiger charge is 2.16. The smallest absolute Gasteiger partial charge is 0.274 e. The van der Waals surface area contributed by atoms with Crippen LogP contribution in [0.25, 0.3) is 0 Å². The molecule has 0 saturated carbocycles. The monoisotopic (exact) mass is 286 g/mol. The van der Waals surface area contributed by atoms with Gasteiger partial charge in [0.05, 0.1) is 11.0 Å². The van der Waals surface area contributed by atoms with Gasteiger partial charge in [-0.1, -0.05) is 31.2 Å². The van der Waals surface area contributed by atoms with Crippen molar-refractivity contribution in [3.63, 3.8) is 0 Å². The van der Waals surface area contributed by atoms with E-state index >= 15 is 0 Å². The number of benzene rings is 2. The van der Waals surface area contributed by atoms with Crippen LogP contribution >= 0.6 is 0 Å². The summed E-state index contributed by atoms with van der Waals surface area (Å²) in [5.74, 6) is 0.221. The summed E-state index contributed by atoms with van der Waals surface area (Å²) >= 11 is 0. The standard InChI is InChI=1S/C16H18N2O3/c1-3-14(13-6-4-5-7-16(13)19)17-12-9-8-11(2)15(10-12)18(20)21/h4-10,14,17,19H,3H2,1-2H3. The highest BCUT2D eigenvalue weighted by Crippen LogP contribution is 2.31. The largest absolute Gasteiger partial charge is 0.508 e. The Morgan fingerprint density at radius 2 is 2.00 bits per heavy atom. The lowest BCUT2D eigenvalue weighted by atomic mass is 10.0. The van der Waals surface area contributed by atoms with Gasteiger partial charge in [-0.15, -0.1) is 0 Å². The predicted molar refractivity (Wildman–Crippen MR) is 82.6 cm³/mol. The third-order valence-electron chi connectivity index (χ3n) is 3.47. The van der Waals surface area contributed by atoms with Gasteiger partial charge in [0, 0.05) is 22.9 Å². The first-order valence-corrected chi connectivity index (χ1v) is 6.82. The second-order valence-corrected chi connectivity index (χ2v) is 4.92. The summed E-state index contributed by atoms with van der Waals surface area (Å²) in [4.78, 5) is 10.6. The molecule has 110 valence electrons. The Labute approximate surface area is 123 Å². The van der Waals surface area contributed by atoms with E-state index in [1.165, 1.54) is 6.07 Å². The van der Waals surface area contributed by atoms with Crippen LogP contribution in [0, 0.1) is 17.0 Å². The Kier molecular flexibility index (Phi) is 4.42. The van der Waals surface area contributed by atoms with Gasteiger partial charge in [0.25, 0.3) is 5.69 Å². The van der Waals surface area contributed by atoms with E-state index in [9.17, 15) is 15.2 Å². The van der Waals surface area contributed by atoms with E-state index in [1.807, 2.05) is 25.1 Å². The molecule has 2 rings (SSSR count). The Morgan fingerprint density at radius 3 is 2.62 bits per heavy atom. The molecule has 0 bridgehead atoms. The van der Waals surface area contributed by atoms with Crippen LogP contribution in [-0.4, -0.2) is 10.0 Å². The predicted octanol–water partition coefficient (Wildman–Crippen LogP) is 4.17. The SMILES string of the molecule is CCC(Nc1ccc(C)c([N+](=O)[O-])c1)c1ccccc1O. The molecule has 21 heavy (non-hydrogen) atoms. The zero-order chi connectivity index (χ0) is 15.4. The molecule has 0 aliphatic carbocycles. The Balaban J connectivity index is 2.29. The lowest BCUT2D eigenvalue weighted by Crippen LogP contribution is -2.10. The lowest BCUT2D eigenvalue weighted by Gasteiger charge is -2.19. The van der Waals surface area contributed by atoms with Crippen molar-refractivity contribution in [2.24, 2.45) is 0 Å². The van der Waals surface area contributed by atoms with Crippen LogP contribution in [0.4, 0.5) is 11.4 Å². The van der Waals surface area contributed by atoms with Crippen LogP contribution in [0.5, 0.6) is 5.75 Å². The molecular formula is C16H18N2O3. The second kappa shape index (κ2) is 6.26. The van der Waals surface area contributed by atoms with E-state index in [0.29, 0.717) is 11.3 Å². The van der Waals surface area contributed by atoms with Crippen molar-refractivity contribution in [1.29, 1.82) is 0 Å². The molecule has 0 saturated heterocycles. The lowest BCUT2D eigenvalue weighted by molar-refractivity contribution is -0.385. The number of phenolic OH excluding ortho intramolecular Hbond substituents is 1. The summed E-state index contributed by atoms with van der Waals surface area (Å²) in [5, 5.41) is 24.2. The fraction of sp³-hybridized carbons (Fsp3) is 0.250. The van der Waals surface area contributed by atoms with Gasteiger partial charge in [0.1, 0.15) is 5.75 Å². The average molecular weight is 286 g/mol. The van der Waals surface area contributed by atoms with Crippen molar-refractivity contribution >= 4 is 11.4 Å². The Bertz CT molecular complexity index is 656. The topological polar surface area (TPSA) is 75.4 Å². The third-order valence-corrected chi connectivity index (χ3v) is 3.47. The number of para-hydroxylation sites is 1. The van der Waals surface area contributed by atoms with E-state index in [-0.39, 0.29) is 22.4 Å². The summed E-state index contributed by atoms with van der Waals surface area (Å²) < 4.78 is 0. The van der Waals surface area contributed by atoms with Crippen molar-refractivity contribution in [1.82, 2.24) is 0 Å². The van der Waals surface area contributed by atoms with E-state index in [2.05, 4.69) is 5.32 Å². The molecule has 2 aromatic rings. The molecule has 0 aromatic heterocycles. The van der Waals surface area contributed by atoms with E-state index < -0.39 is 0 Å². The molecule has 5 heteroatoms. The van der Waals surface area contributed by atoms with E-state index in [1.54, 1.807) is 25.1 Å². The van der Waals surface area contributed by atoms with Gasteiger partial charge in [0.2, 0.25) is 0 Å². The molecule has 2 aromatic carbocycles. The maximum atomic E-state index is 11.0. The van der Waals surface area contributed by atoms with Crippen LogP contribution in [0.1, 0.15) is 30.5 Å². The van der Waals surface area contributed by atoms with Gasteiger partial charge in [-0.25, -0.2) is 0 Å². The molecule has 0 amide bonds. The molecular weight excluding hydrogens is 268 g/mol. The number of nitro benzene ring substituents is 1. The molecule has 0 radical (unpaired) electrons. The number of nitrogens with one attached hydrogen (secondary N) is 1. The quantitative estimate of drug-likeness (QED) is 0.639. The zero-order valence-corrected chi connectivity index (χ0v) is 12.0. The molecule has 0 aliphatic rings. The molecule has 1 unspecified atom stereocenters. The first-order valence-electron chi connectivity index (χ1n) is 6.82. The van der Waals surface area contributed by atoms with Gasteiger partial charge in [0.15, 0.2) is 0 Å². The van der Waals surface area contributed by atoms with Crippen LogP contribution in [-0.2, 0) is 0 Å². The Morgan fingerprint density at radius 1 is 1.29 bits per heavy atom. The molecule has 0 heterocycles. The van der Waals surface area contributed by atoms with E-state index in [4.69, 9.17) is 0 Å². The fourth-order valence-corrected chi connectivity index (χ4v) is 2.28. The minimum absolute atomic E-state index is 0.0899. The molecule has 0 fully saturated rings. The summed E-state index contributed by atoms with van der Waals surface area (Å²) in [6.07, 6.45) is 0.749. The zero-order valence-electron chi connectivity index (χ0n) is 12.0. The number of anilines is 1. The fourth-order valence-electron chi connectivity index (χ4n) is 2.28. The van der Waals surface area contributed by atoms with Crippen LogP contribution < -0.4 is 5.32 Å². The second-order valence-electron chi connectivity index (χ2n) is 4.92. The molecule has 0 spiro atoms. The summed E-state index contributed by atoms with van der Waals surface area (Å²) in [6.45, 7) is 3.70. The van der Waals surface area contributed by atoms with Gasteiger partial charge >= 0.3 is 0 Å². The Hall–Kier alpha value is -2.56. The highest BCUT2D eigenvalue weighted by atomic mass is 16.6. The molecule has 5 nitrogen and oxygen atoms in total. The maximum absolute atomic E-state index is 11.0. The molecule has 0 aliphatic heterocycles.